The number of piperidine rings is 1. The molecule has 1 unspecified atom stereocenters. The lowest BCUT2D eigenvalue weighted by atomic mass is 10.0. The molecule has 1 fully saturated rings. The Kier molecular flexibility index (Phi) is 11.9. The van der Waals surface area contributed by atoms with E-state index in [0.717, 1.165) is 44.9 Å². The van der Waals surface area contributed by atoms with Crippen LogP contribution in [0.25, 0.3) is 0 Å². The minimum absolute atomic E-state index is 0.225. The number of hydrogen-bond acceptors (Lipinski definition) is 4. The van der Waals surface area contributed by atoms with Gasteiger partial charge in [-0.25, -0.2) is 4.79 Å². The van der Waals surface area contributed by atoms with Crippen LogP contribution < -0.4 is 0 Å². The number of nitrogens with zero attached hydrogens (tertiary/aromatic N) is 1. The number of carboxylic acids is 1. The molecule has 0 aromatic rings. The van der Waals surface area contributed by atoms with Crippen molar-refractivity contribution in [3.8, 4) is 0 Å². The van der Waals surface area contributed by atoms with Crippen LogP contribution in [0.2, 0.25) is 0 Å². The molecule has 6 heteroatoms. The lowest BCUT2D eigenvalue weighted by Gasteiger charge is -2.32. The summed E-state index contributed by atoms with van der Waals surface area (Å²) in [6.07, 6.45) is 12.9. The van der Waals surface area contributed by atoms with Crippen molar-refractivity contribution in [3.63, 3.8) is 0 Å². The summed E-state index contributed by atoms with van der Waals surface area (Å²) < 4.78 is 0. The fraction of sp³-hybridized carbons (Fsp3) is 0.850. The third-order valence-electron chi connectivity index (χ3n) is 5.10. The van der Waals surface area contributed by atoms with Crippen LogP contribution in [-0.2, 0) is 14.4 Å². The Hall–Kier alpha value is -1.43. The molecule has 0 aromatic heterocycles. The van der Waals surface area contributed by atoms with E-state index in [0.29, 0.717) is 19.4 Å². The molecule has 0 aliphatic carbocycles. The van der Waals surface area contributed by atoms with Gasteiger partial charge < -0.3 is 15.1 Å². The normalized spacial score (nSPS) is 17.3. The molecule has 1 aliphatic heterocycles. The van der Waals surface area contributed by atoms with Gasteiger partial charge in [0.1, 0.15) is 6.04 Å². The van der Waals surface area contributed by atoms with E-state index in [-0.39, 0.29) is 13.0 Å². The van der Waals surface area contributed by atoms with Gasteiger partial charge in [-0.2, -0.15) is 0 Å². The van der Waals surface area contributed by atoms with Crippen LogP contribution in [0.15, 0.2) is 0 Å². The van der Waals surface area contributed by atoms with Crippen LogP contribution in [0.4, 0.5) is 0 Å². The SMILES string of the molecule is O=C(CCCCCCCCCCCCO)C(=O)N1CCCCC1C(=O)O. The van der Waals surface area contributed by atoms with Crippen molar-refractivity contribution >= 4 is 17.7 Å². The van der Waals surface area contributed by atoms with E-state index in [1.165, 1.54) is 30.6 Å². The summed E-state index contributed by atoms with van der Waals surface area (Å²) >= 11 is 0. The fourth-order valence-electron chi connectivity index (χ4n) is 3.51. The molecule has 1 rings (SSSR count). The number of carbonyl (C=O) groups excluding carboxylic acids is 2. The van der Waals surface area contributed by atoms with E-state index in [2.05, 4.69) is 0 Å². The second-order valence-corrected chi connectivity index (χ2v) is 7.28. The Labute approximate surface area is 157 Å². The highest BCUT2D eigenvalue weighted by Crippen LogP contribution is 2.18. The maximum atomic E-state index is 12.2. The number of rotatable bonds is 14. The second-order valence-electron chi connectivity index (χ2n) is 7.28. The van der Waals surface area contributed by atoms with Gasteiger partial charge in [0.25, 0.3) is 5.91 Å². The Morgan fingerprint density at radius 3 is 1.88 bits per heavy atom. The van der Waals surface area contributed by atoms with Crippen molar-refractivity contribution in [1.82, 2.24) is 4.90 Å². The summed E-state index contributed by atoms with van der Waals surface area (Å²) in [6, 6.07) is -0.836. The van der Waals surface area contributed by atoms with Crippen LogP contribution in [0.3, 0.4) is 0 Å². The predicted molar refractivity (Wildman–Crippen MR) is 99.9 cm³/mol. The lowest BCUT2D eigenvalue weighted by molar-refractivity contribution is -0.155. The number of carbonyl (C=O) groups is 3. The molecule has 1 amide bonds. The third-order valence-corrected chi connectivity index (χ3v) is 5.10. The average molecular weight is 370 g/mol. The first kappa shape index (κ1) is 22.6. The van der Waals surface area contributed by atoms with E-state index < -0.39 is 23.7 Å². The molecule has 0 bridgehead atoms. The minimum atomic E-state index is -1.01. The van der Waals surface area contributed by atoms with Gasteiger partial charge in [0.2, 0.25) is 5.78 Å². The van der Waals surface area contributed by atoms with Crippen molar-refractivity contribution in [3.05, 3.63) is 0 Å². The van der Waals surface area contributed by atoms with Gasteiger partial charge in [-0.3, -0.25) is 9.59 Å². The zero-order valence-corrected chi connectivity index (χ0v) is 16.0. The van der Waals surface area contributed by atoms with Gasteiger partial charge in [0, 0.05) is 19.6 Å². The molecule has 0 spiro atoms. The maximum Gasteiger partial charge on any atom is 0.326 e. The molecule has 0 radical (unpaired) electrons. The van der Waals surface area contributed by atoms with Crippen LogP contribution >= 0.6 is 0 Å². The summed E-state index contributed by atoms with van der Waals surface area (Å²) in [5.74, 6) is -2.07. The number of likely N-dealkylation sites (tertiary alicyclic amines) is 1. The maximum absolute atomic E-state index is 12.2. The van der Waals surface area contributed by atoms with Crippen LogP contribution in [0.5, 0.6) is 0 Å². The summed E-state index contributed by atoms with van der Waals surface area (Å²) in [7, 11) is 0. The number of hydrogen-bond donors (Lipinski definition) is 2. The quantitative estimate of drug-likeness (QED) is 0.362. The zero-order chi connectivity index (χ0) is 19.2. The predicted octanol–water partition coefficient (Wildman–Crippen LogP) is 3.30. The van der Waals surface area contributed by atoms with Crippen molar-refractivity contribution in [2.75, 3.05) is 13.2 Å². The lowest BCUT2D eigenvalue weighted by Crippen LogP contribution is -2.50. The number of aliphatic carboxylic acids is 1. The van der Waals surface area contributed by atoms with Gasteiger partial charge in [-0.15, -0.1) is 0 Å². The summed E-state index contributed by atoms with van der Waals surface area (Å²) in [6.45, 7) is 0.662. The van der Waals surface area contributed by atoms with Crippen molar-refractivity contribution in [2.24, 2.45) is 0 Å². The molecule has 0 aromatic carbocycles. The van der Waals surface area contributed by atoms with Crippen molar-refractivity contribution < 1.29 is 24.6 Å². The van der Waals surface area contributed by atoms with Crippen molar-refractivity contribution in [1.29, 1.82) is 0 Å². The number of ketones is 1. The van der Waals surface area contributed by atoms with Gasteiger partial charge in [-0.05, 0) is 32.1 Å². The molecule has 26 heavy (non-hydrogen) atoms. The first-order chi connectivity index (χ1) is 12.6. The number of Topliss-reactive ketones (excluding diaryl/α,β-unsaturated/α-hetero) is 1. The van der Waals surface area contributed by atoms with E-state index >= 15 is 0 Å². The number of unbranched alkanes of at least 4 members (excludes halogenated alkanes) is 9. The monoisotopic (exact) mass is 369 g/mol. The van der Waals surface area contributed by atoms with Gasteiger partial charge in [0.05, 0.1) is 0 Å². The molecular weight excluding hydrogens is 334 g/mol. The molecule has 1 heterocycles. The molecular formula is C20H35NO5. The highest BCUT2D eigenvalue weighted by atomic mass is 16.4. The Balaban J connectivity index is 2.08. The molecule has 6 nitrogen and oxygen atoms in total. The van der Waals surface area contributed by atoms with Gasteiger partial charge in [0.15, 0.2) is 0 Å². The topological polar surface area (TPSA) is 94.9 Å². The first-order valence-electron chi connectivity index (χ1n) is 10.3. The number of carboxylic acid groups (broad SMARTS) is 1. The van der Waals surface area contributed by atoms with Crippen LogP contribution in [0.1, 0.15) is 89.9 Å². The molecule has 0 saturated carbocycles. The Morgan fingerprint density at radius 2 is 1.35 bits per heavy atom. The highest BCUT2D eigenvalue weighted by Gasteiger charge is 2.34. The number of aliphatic hydroxyl groups excluding tert-OH is 1. The average Bonchev–Trinajstić information content (AvgIpc) is 2.65. The molecule has 1 aliphatic rings. The largest absolute Gasteiger partial charge is 0.480 e. The first-order valence-corrected chi connectivity index (χ1v) is 10.3. The fourth-order valence-corrected chi connectivity index (χ4v) is 3.51. The Bertz CT molecular complexity index is 438. The summed E-state index contributed by atoms with van der Waals surface area (Å²) in [4.78, 5) is 36.8. The highest BCUT2D eigenvalue weighted by molar-refractivity contribution is 6.36. The number of amides is 1. The van der Waals surface area contributed by atoms with E-state index in [4.69, 9.17) is 5.11 Å². The van der Waals surface area contributed by atoms with E-state index in [1.807, 2.05) is 0 Å². The third kappa shape index (κ3) is 8.79. The minimum Gasteiger partial charge on any atom is -0.480 e. The summed E-state index contributed by atoms with van der Waals surface area (Å²) in [5, 5.41) is 17.9. The van der Waals surface area contributed by atoms with Gasteiger partial charge >= 0.3 is 5.97 Å². The summed E-state index contributed by atoms with van der Waals surface area (Å²) in [5.41, 5.74) is 0. The smallest absolute Gasteiger partial charge is 0.326 e. The van der Waals surface area contributed by atoms with Crippen LogP contribution in [-0.4, -0.2) is 52.0 Å². The molecule has 1 saturated heterocycles. The standard InChI is InChI=1S/C20H35NO5/c22-16-12-8-6-4-2-1-3-5-7-9-14-18(23)19(24)21-15-11-10-13-17(21)20(25)26/h17,22H,1-16H2,(H,25,26). The van der Waals surface area contributed by atoms with E-state index in [1.54, 1.807) is 0 Å². The van der Waals surface area contributed by atoms with E-state index in [9.17, 15) is 19.5 Å². The molecule has 150 valence electrons. The second kappa shape index (κ2) is 13.7. The van der Waals surface area contributed by atoms with Crippen molar-refractivity contribution in [2.45, 2.75) is 95.9 Å². The molecule has 2 N–H and O–H groups in total. The van der Waals surface area contributed by atoms with Gasteiger partial charge in [-0.1, -0.05) is 51.4 Å². The molecule has 1 atom stereocenters. The number of aliphatic hydroxyl groups is 1. The zero-order valence-electron chi connectivity index (χ0n) is 16.0. The Morgan fingerprint density at radius 1 is 0.808 bits per heavy atom. The van der Waals surface area contributed by atoms with Crippen LogP contribution in [0, 0.1) is 0 Å².